The van der Waals surface area contributed by atoms with E-state index in [1.54, 1.807) is 0 Å². The lowest BCUT2D eigenvalue weighted by atomic mass is 9.87. The van der Waals surface area contributed by atoms with Gasteiger partial charge in [-0.25, -0.2) is 0 Å². The molecule has 1 unspecified atom stereocenters. The third-order valence-corrected chi connectivity index (χ3v) is 2.97. The first-order valence-electron chi connectivity index (χ1n) is 5.86. The standard InChI is InChI=1S/C15H23Cl/c1-6-9-11-14(12(4)5)13(8-3)15(16)10-7-2/h6,8,10,14H,1,4,7,9,11H2,2-3,5H3/b13-8-,15-10+. The van der Waals surface area contributed by atoms with Crippen LogP contribution in [0.15, 0.2) is 47.6 Å². The van der Waals surface area contributed by atoms with Crippen LogP contribution in [0.2, 0.25) is 0 Å². The van der Waals surface area contributed by atoms with Gasteiger partial charge < -0.3 is 0 Å². The van der Waals surface area contributed by atoms with Gasteiger partial charge in [-0.1, -0.05) is 48.9 Å². The second-order valence-electron chi connectivity index (χ2n) is 3.97. The Morgan fingerprint density at radius 3 is 2.44 bits per heavy atom. The first-order chi connectivity index (χ1) is 7.58. The average molecular weight is 239 g/mol. The van der Waals surface area contributed by atoms with Gasteiger partial charge in [-0.05, 0) is 38.7 Å². The molecule has 0 radical (unpaired) electrons. The van der Waals surface area contributed by atoms with Gasteiger partial charge in [0.15, 0.2) is 0 Å². The predicted molar refractivity (Wildman–Crippen MR) is 75.7 cm³/mol. The average Bonchev–Trinajstić information content (AvgIpc) is 2.23. The van der Waals surface area contributed by atoms with E-state index in [0.29, 0.717) is 5.92 Å². The quantitative estimate of drug-likeness (QED) is 0.399. The van der Waals surface area contributed by atoms with Crippen LogP contribution in [-0.2, 0) is 0 Å². The molecule has 0 aromatic rings. The minimum absolute atomic E-state index is 0.346. The van der Waals surface area contributed by atoms with Crippen LogP contribution in [0.4, 0.5) is 0 Å². The van der Waals surface area contributed by atoms with E-state index < -0.39 is 0 Å². The Labute approximate surface area is 105 Å². The number of halogens is 1. The highest BCUT2D eigenvalue weighted by atomic mass is 35.5. The van der Waals surface area contributed by atoms with Gasteiger partial charge in [0, 0.05) is 11.0 Å². The summed E-state index contributed by atoms with van der Waals surface area (Å²) in [7, 11) is 0. The van der Waals surface area contributed by atoms with E-state index >= 15 is 0 Å². The van der Waals surface area contributed by atoms with Crippen molar-refractivity contribution in [3.8, 4) is 0 Å². The predicted octanol–water partition coefficient (Wildman–Crippen LogP) is 5.62. The lowest BCUT2D eigenvalue weighted by Crippen LogP contribution is -2.06. The molecule has 0 nitrogen and oxygen atoms in total. The van der Waals surface area contributed by atoms with E-state index in [0.717, 1.165) is 29.9 Å². The fourth-order valence-corrected chi connectivity index (χ4v) is 2.15. The normalized spacial score (nSPS) is 14.8. The van der Waals surface area contributed by atoms with Crippen molar-refractivity contribution in [2.45, 2.75) is 40.0 Å². The van der Waals surface area contributed by atoms with Crippen LogP contribution in [0.3, 0.4) is 0 Å². The van der Waals surface area contributed by atoms with Crippen molar-refractivity contribution in [3.63, 3.8) is 0 Å². The minimum Gasteiger partial charge on any atom is -0.103 e. The highest BCUT2D eigenvalue weighted by Gasteiger charge is 2.16. The van der Waals surface area contributed by atoms with Crippen molar-refractivity contribution in [1.82, 2.24) is 0 Å². The van der Waals surface area contributed by atoms with Crippen molar-refractivity contribution < 1.29 is 0 Å². The largest absolute Gasteiger partial charge is 0.103 e. The molecule has 16 heavy (non-hydrogen) atoms. The van der Waals surface area contributed by atoms with Crippen LogP contribution >= 0.6 is 11.6 Å². The molecule has 90 valence electrons. The van der Waals surface area contributed by atoms with Crippen molar-refractivity contribution >= 4 is 11.6 Å². The maximum atomic E-state index is 6.29. The van der Waals surface area contributed by atoms with Crippen LogP contribution in [-0.4, -0.2) is 0 Å². The summed E-state index contributed by atoms with van der Waals surface area (Å²) in [5.41, 5.74) is 2.36. The summed E-state index contributed by atoms with van der Waals surface area (Å²) in [6.07, 6.45) is 9.08. The molecule has 0 rings (SSSR count). The SMILES string of the molecule is C=CCCC(C(=C)C)C(=C/C)/C(Cl)=C\CC. The van der Waals surface area contributed by atoms with E-state index in [4.69, 9.17) is 11.6 Å². The van der Waals surface area contributed by atoms with Crippen LogP contribution in [0.5, 0.6) is 0 Å². The summed E-state index contributed by atoms with van der Waals surface area (Å²) in [4.78, 5) is 0. The molecular weight excluding hydrogens is 216 g/mol. The second-order valence-corrected chi connectivity index (χ2v) is 4.38. The molecule has 1 heteroatoms. The highest BCUT2D eigenvalue weighted by Crippen LogP contribution is 2.31. The van der Waals surface area contributed by atoms with E-state index in [1.807, 2.05) is 13.0 Å². The van der Waals surface area contributed by atoms with E-state index in [1.165, 1.54) is 5.57 Å². The first kappa shape index (κ1) is 15.2. The molecule has 0 heterocycles. The number of hydrogen-bond donors (Lipinski definition) is 0. The molecule has 0 aromatic carbocycles. The Bertz CT molecular complexity index is 295. The third-order valence-electron chi connectivity index (χ3n) is 2.60. The molecule has 0 fully saturated rings. The Hall–Kier alpha value is -0.750. The van der Waals surface area contributed by atoms with Gasteiger partial charge in [-0.2, -0.15) is 0 Å². The molecule has 0 bridgehead atoms. The second kappa shape index (κ2) is 8.41. The molecule has 0 aliphatic heterocycles. The van der Waals surface area contributed by atoms with Gasteiger partial charge in [0.2, 0.25) is 0 Å². The van der Waals surface area contributed by atoms with Gasteiger partial charge in [0.05, 0.1) is 0 Å². The Balaban J connectivity index is 4.93. The summed E-state index contributed by atoms with van der Waals surface area (Å²) in [5.74, 6) is 0.346. The van der Waals surface area contributed by atoms with Gasteiger partial charge >= 0.3 is 0 Å². The zero-order valence-corrected chi connectivity index (χ0v) is 11.5. The van der Waals surface area contributed by atoms with Crippen LogP contribution < -0.4 is 0 Å². The zero-order chi connectivity index (χ0) is 12.6. The highest BCUT2D eigenvalue weighted by molar-refractivity contribution is 6.32. The topological polar surface area (TPSA) is 0 Å². The molecule has 0 amide bonds. The smallest absolute Gasteiger partial charge is 0.0400 e. The molecule has 0 aromatic heterocycles. The minimum atomic E-state index is 0.346. The first-order valence-corrected chi connectivity index (χ1v) is 6.24. The number of hydrogen-bond acceptors (Lipinski definition) is 0. The Kier molecular flexibility index (Phi) is 8.01. The van der Waals surface area contributed by atoms with Crippen molar-refractivity contribution in [2.24, 2.45) is 5.92 Å². The Morgan fingerprint density at radius 1 is 1.44 bits per heavy atom. The van der Waals surface area contributed by atoms with E-state index in [9.17, 15) is 0 Å². The monoisotopic (exact) mass is 238 g/mol. The van der Waals surface area contributed by atoms with E-state index in [-0.39, 0.29) is 0 Å². The molecular formula is C15H23Cl. The fourth-order valence-electron chi connectivity index (χ4n) is 1.75. The molecule has 0 N–H and O–H groups in total. The van der Waals surface area contributed by atoms with Crippen molar-refractivity contribution in [2.75, 3.05) is 0 Å². The lowest BCUT2D eigenvalue weighted by Gasteiger charge is -2.20. The summed E-state index contributed by atoms with van der Waals surface area (Å²) in [6, 6.07) is 0. The van der Waals surface area contributed by atoms with E-state index in [2.05, 4.69) is 39.2 Å². The van der Waals surface area contributed by atoms with Gasteiger partial charge in [0.25, 0.3) is 0 Å². The number of rotatable bonds is 7. The van der Waals surface area contributed by atoms with Gasteiger partial charge in [-0.15, -0.1) is 6.58 Å². The Morgan fingerprint density at radius 2 is 2.06 bits per heavy atom. The van der Waals surface area contributed by atoms with Crippen LogP contribution in [0.25, 0.3) is 0 Å². The third kappa shape index (κ3) is 4.85. The maximum Gasteiger partial charge on any atom is 0.0400 e. The molecule has 0 aliphatic rings. The molecule has 0 aliphatic carbocycles. The molecule has 0 spiro atoms. The molecule has 0 saturated heterocycles. The molecule has 0 saturated carbocycles. The van der Waals surface area contributed by atoms with Crippen LogP contribution in [0, 0.1) is 5.92 Å². The van der Waals surface area contributed by atoms with Gasteiger partial charge in [0.1, 0.15) is 0 Å². The fraction of sp³-hybridized carbons (Fsp3) is 0.467. The summed E-state index contributed by atoms with van der Waals surface area (Å²) >= 11 is 6.29. The summed E-state index contributed by atoms with van der Waals surface area (Å²) in [6.45, 7) is 14.0. The zero-order valence-electron chi connectivity index (χ0n) is 10.7. The van der Waals surface area contributed by atoms with Crippen LogP contribution in [0.1, 0.15) is 40.0 Å². The van der Waals surface area contributed by atoms with Crippen molar-refractivity contribution in [3.05, 3.63) is 47.6 Å². The summed E-state index contributed by atoms with van der Waals surface area (Å²) < 4.78 is 0. The van der Waals surface area contributed by atoms with Crippen molar-refractivity contribution in [1.29, 1.82) is 0 Å². The summed E-state index contributed by atoms with van der Waals surface area (Å²) in [5, 5.41) is 0.863. The number of allylic oxidation sites excluding steroid dienone is 6. The maximum absolute atomic E-state index is 6.29. The molecule has 1 atom stereocenters. The van der Waals surface area contributed by atoms with Gasteiger partial charge in [-0.3, -0.25) is 0 Å². The lowest BCUT2D eigenvalue weighted by molar-refractivity contribution is 0.659.